The number of nitriles is 1. The molecule has 2 N–H and O–H groups in total. The number of carbonyl (C=O) groups excluding carboxylic acids is 1. The van der Waals surface area contributed by atoms with Gasteiger partial charge in [0.05, 0.1) is 19.8 Å². The van der Waals surface area contributed by atoms with E-state index < -0.39 is 12.1 Å². The van der Waals surface area contributed by atoms with Crippen LogP contribution in [0.15, 0.2) is 12.1 Å². The largest absolute Gasteiger partial charge is 0.503 e. The van der Waals surface area contributed by atoms with Crippen LogP contribution in [0.4, 0.5) is 0 Å². The van der Waals surface area contributed by atoms with Crippen LogP contribution in [0.2, 0.25) is 0 Å². The number of nitrogens with zero attached hydrogens (tertiary/aromatic N) is 1. The lowest BCUT2D eigenvalue weighted by Crippen LogP contribution is -2.13. The SMILES string of the molecule is COC(=O)C(O)c1cc(C#N)c(O)c(OC)c1. The zero-order chi connectivity index (χ0) is 13.0. The first-order chi connectivity index (χ1) is 8.04. The second-order valence-electron chi connectivity index (χ2n) is 3.16. The number of benzene rings is 1. The van der Waals surface area contributed by atoms with Crippen LogP contribution in [0.1, 0.15) is 17.2 Å². The summed E-state index contributed by atoms with van der Waals surface area (Å²) in [6, 6.07) is 4.18. The highest BCUT2D eigenvalue weighted by atomic mass is 16.5. The molecule has 0 saturated heterocycles. The van der Waals surface area contributed by atoms with E-state index in [1.807, 2.05) is 0 Å². The molecule has 0 amide bonds. The Balaban J connectivity index is 3.27. The maximum absolute atomic E-state index is 11.1. The maximum Gasteiger partial charge on any atom is 0.339 e. The summed E-state index contributed by atoms with van der Waals surface area (Å²) in [6.45, 7) is 0. The van der Waals surface area contributed by atoms with Gasteiger partial charge < -0.3 is 19.7 Å². The van der Waals surface area contributed by atoms with Gasteiger partial charge in [-0.15, -0.1) is 0 Å². The van der Waals surface area contributed by atoms with Gasteiger partial charge in [-0.2, -0.15) is 5.26 Å². The lowest BCUT2D eigenvalue weighted by molar-refractivity contribution is -0.150. The molecule has 0 fully saturated rings. The highest BCUT2D eigenvalue weighted by Gasteiger charge is 2.21. The first-order valence-electron chi connectivity index (χ1n) is 4.62. The number of phenolic OH excluding ortho intramolecular Hbond substituents is 1. The van der Waals surface area contributed by atoms with Gasteiger partial charge >= 0.3 is 5.97 Å². The number of ether oxygens (including phenoxy) is 2. The first-order valence-corrected chi connectivity index (χ1v) is 4.62. The molecule has 0 saturated carbocycles. The summed E-state index contributed by atoms with van der Waals surface area (Å²) in [7, 11) is 2.43. The molecule has 0 bridgehead atoms. The Morgan fingerprint density at radius 3 is 2.59 bits per heavy atom. The van der Waals surface area contributed by atoms with Gasteiger partial charge in [0.1, 0.15) is 6.07 Å². The molecule has 90 valence electrons. The average Bonchev–Trinajstić information content (AvgIpc) is 2.37. The monoisotopic (exact) mass is 237 g/mol. The van der Waals surface area contributed by atoms with Crippen LogP contribution in [0, 0.1) is 11.3 Å². The smallest absolute Gasteiger partial charge is 0.339 e. The van der Waals surface area contributed by atoms with E-state index in [1.54, 1.807) is 6.07 Å². The molecule has 1 aromatic carbocycles. The molecule has 1 aromatic rings. The van der Waals surface area contributed by atoms with Crippen molar-refractivity contribution in [2.75, 3.05) is 14.2 Å². The molecule has 1 unspecified atom stereocenters. The van der Waals surface area contributed by atoms with Crippen molar-refractivity contribution in [3.05, 3.63) is 23.3 Å². The zero-order valence-corrected chi connectivity index (χ0v) is 9.30. The van der Waals surface area contributed by atoms with E-state index in [0.717, 1.165) is 7.11 Å². The van der Waals surface area contributed by atoms with Gasteiger partial charge in [-0.25, -0.2) is 4.79 Å². The van der Waals surface area contributed by atoms with Gasteiger partial charge in [-0.3, -0.25) is 0 Å². The zero-order valence-electron chi connectivity index (χ0n) is 9.30. The summed E-state index contributed by atoms with van der Waals surface area (Å²) in [4.78, 5) is 11.1. The number of rotatable bonds is 3. The number of aliphatic hydroxyl groups excluding tert-OH is 1. The van der Waals surface area contributed by atoms with Crippen LogP contribution in [0.3, 0.4) is 0 Å². The van der Waals surface area contributed by atoms with Crippen LogP contribution >= 0.6 is 0 Å². The fraction of sp³-hybridized carbons (Fsp3) is 0.273. The minimum Gasteiger partial charge on any atom is -0.503 e. The fourth-order valence-corrected chi connectivity index (χ4v) is 1.28. The molecular formula is C11H11NO5. The van der Waals surface area contributed by atoms with E-state index in [9.17, 15) is 15.0 Å². The Hall–Kier alpha value is -2.26. The molecule has 0 heterocycles. The normalized spacial score (nSPS) is 11.4. The van der Waals surface area contributed by atoms with E-state index in [2.05, 4.69) is 4.74 Å². The number of aromatic hydroxyl groups is 1. The van der Waals surface area contributed by atoms with E-state index in [0.29, 0.717) is 0 Å². The fourth-order valence-electron chi connectivity index (χ4n) is 1.28. The quantitative estimate of drug-likeness (QED) is 0.741. The summed E-state index contributed by atoms with van der Waals surface area (Å²) >= 11 is 0. The van der Waals surface area contributed by atoms with E-state index in [4.69, 9.17) is 10.00 Å². The van der Waals surface area contributed by atoms with E-state index in [-0.39, 0.29) is 22.6 Å². The van der Waals surface area contributed by atoms with Gasteiger partial charge in [-0.1, -0.05) is 0 Å². The van der Waals surface area contributed by atoms with Crippen LogP contribution in [-0.2, 0) is 9.53 Å². The van der Waals surface area contributed by atoms with Crippen molar-refractivity contribution < 1.29 is 24.5 Å². The lowest BCUT2D eigenvalue weighted by Gasteiger charge is -2.12. The molecule has 17 heavy (non-hydrogen) atoms. The second kappa shape index (κ2) is 5.18. The van der Waals surface area contributed by atoms with Crippen molar-refractivity contribution in [3.63, 3.8) is 0 Å². The summed E-state index contributed by atoms with van der Waals surface area (Å²) < 4.78 is 9.20. The molecule has 1 atom stereocenters. The average molecular weight is 237 g/mol. The topological polar surface area (TPSA) is 99.8 Å². The van der Waals surface area contributed by atoms with E-state index >= 15 is 0 Å². The van der Waals surface area contributed by atoms with Gasteiger partial charge in [0.15, 0.2) is 17.6 Å². The summed E-state index contributed by atoms with van der Waals surface area (Å²) in [5, 5.41) is 27.9. The number of methoxy groups -OCH3 is 2. The van der Waals surface area contributed by atoms with Crippen LogP contribution < -0.4 is 4.74 Å². The molecule has 6 heteroatoms. The van der Waals surface area contributed by atoms with Crippen molar-refractivity contribution in [1.29, 1.82) is 5.26 Å². The molecule has 0 spiro atoms. The van der Waals surface area contributed by atoms with Crippen molar-refractivity contribution in [2.24, 2.45) is 0 Å². The number of carbonyl (C=O) groups is 1. The van der Waals surface area contributed by atoms with Gasteiger partial charge in [0.25, 0.3) is 0 Å². The van der Waals surface area contributed by atoms with Crippen molar-refractivity contribution in [2.45, 2.75) is 6.10 Å². The van der Waals surface area contributed by atoms with Crippen molar-refractivity contribution >= 4 is 5.97 Å². The Morgan fingerprint density at radius 2 is 2.12 bits per heavy atom. The molecule has 0 aromatic heterocycles. The second-order valence-corrected chi connectivity index (χ2v) is 3.16. The van der Waals surface area contributed by atoms with Crippen LogP contribution in [0.5, 0.6) is 11.5 Å². The van der Waals surface area contributed by atoms with Crippen LogP contribution in [-0.4, -0.2) is 30.4 Å². The number of aliphatic hydroxyl groups is 1. The number of phenols is 1. The number of hydrogen-bond acceptors (Lipinski definition) is 6. The third kappa shape index (κ3) is 2.46. The molecule has 1 rings (SSSR count). The molecule has 6 nitrogen and oxygen atoms in total. The van der Waals surface area contributed by atoms with Crippen LogP contribution in [0.25, 0.3) is 0 Å². The predicted octanol–water partition coefficient (Wildman–Crippen LogP) is 0.479. The molecule has 0 aliphatic carbocycles. The summed E-state index contributed by atoms with van der Waals surface area (Å²) in [5.74, 6) is -1.19. The Labute approximate surface area is 97.6 Å². The third-order valence-corrected chi connectivity index (χ3v) is 2.18. The van der Waals surface area contributed by atoms with Crippen molar-refractivity contribution in [1.82, 2.24) is 0 Å². The molecule has 0 aliphatic heterocycles. The summed E-state index contributed by atoms with van der Waals surface area (Å²) in [5.41, 5.74) is 0.0188. The standard InChI is InChI=1S/C11H11NO5/c1-16-8-4-6(10(14)11(15)17-2)3-7(5-12)9(8)13/h3-4,10,13-14H,1-2H3. The predicted molar refractivity (Wildman–Crippen MR) is 56.3 cm³/mol. The lowest BCUT2D eigenvalue weighted by atomic mass is 10.0. The van der Waals surface area contributed by atoms with Gasteiger partial charge in [0.2, 0.25) is 0 Å². The highest BCUT2D eigenvalue weighted by Crippen LogP contribution is 2.33. The molecular weight excluding hydrogens is 226 g/mol. The molecule has 0 radical (unpaired) electrons. The van der Waals surface area contributed by atoms with E-state index in [1.165, 1.54) is 19.2 Å². The maximum atomic E-state index is 11.1. The van der Waals surface area contributed by atoms with Gasteiger partial charge in [0, 0.05) is 0 Å². The third-order valence-electron chi connectivity index (χ3n) is 2.18. The van der Waals surface area contributed by atoms with Crippen molar-refractivity contribution in [3.8, 4) is 17.6 Å². The number of hydrogen-bond donors (Lipinski definition) is 2. The summed E-state index contributed by atoms with van der Waals surface area (Å²) in [6.07, 6.45) is -1.53. The Kier molecular flexibility index (Phi) is 3.91. The minimum absolute atomic E-state index is 0.00185. The minimum atomic E-state index is -1.53. The molecule has 0 aliphatic rings. The number of esters is 1. The Morgan fingerprint density at radius 1 is 1.47 bits per heavy atom. The first kappa shape index (κ1) is 12.8. The highest BCUT2D eigenvalue weighted by molar-refractivity contribution is 5.77. The Bertz CT molecular complexity index is 477. The van der Waals surface area contributed by atoms with Gasteiger partial charge in [-0.05, 0) is 17.7 Å².